The molecule has 0 saturated carbocycles. The van der Waals surface area contributed by atoms with E-state index in [-0.39, 0.29) is 5.91 Å². The van der Waals surface area contributed by atoms with Crippen LogP contribution in [0.5, 0.6) is 0 Å². The topological polar surface area (TPSA) is 112 Å². The van der Waals surface area contributed by atoms with Crippen molar-refractivity contribution in [3.63, 3.8) is 0 Å². The highest BCUT2D eigenvalue weighted by Gasteiger charge is 2.18. The summed E-state index contributed by atoms with van der Waals surface area (Å²) in [6.07, 6.45) is 4.08. The monoisotopic (exact) mass is 438 g/mol. The SMILES string of the molecule is CC(=O)O.CCCCNc1ccc2ncc(-c3ccc(C(=O)N4CCNCC4)cc3)n2n1. The number of imidazole rings is 1. The van der Waals surface area contributed by atoms with Crippen LogP contribution in [0.25, 0.3) is 16.9 Å². The molecule has 9 nitrogen and oxygen atoms in total. The molecule has 1 saturated heterocycles. The molecule has 170 valence electrons. The van der Waals surface area contributed by atoms with Gasteiger partial charge in [-0.15, -0.1) is 5.10 Å². The highest BCUT2D eigenvalue weighted by atomic mass is 16.4. The van der Waals surface area contributed by atoms with Crippen molar-refractivity contribution in [2.24, 2.45) is 0 Å². The number of hydrogen-bond acceptors (Lipinski definition) is 6. The van der Waals surface area contributed by atoms with Crippen LogP contribution >= 0.6 is 0 Å². The molecule has 1 aliphatic heterocycles. The highest BCUT2D eigenvalue weighted by Crippen LogP contribution is 2.22. The molecule has 0 atom stereocenters. The van der Waals surface area contributed by atoms with Crippen LogP contribution in [0.2, 0.25) is 0 Å². The highest BCUT2D eigenvalue weighted by molar-refractivity contribution is 5.94. The van der Waals surface area contributed by atoms with Crippen molar-refractivity contribution < 1.29 is 14.7 Å². The number of unbranched alkanes of at least 4 members (excludes halogenated alkanes) is 1. The number of aromatic nitrogens is 3. The first-order chi connectivity index (χ1) is 15.5. The second kappa shape index (κ2) is 11.2. The molecule has 3 heterocycles. The molecule has 1 fully saturated rings. The molecule has 3 aromatic rings. The van der Waals surface area contributed by atoms with Crippen molar-refractivity contribution in [3.05, 3.63) is 48.2 Å². The molecule has 1 aromatic carbocycles. The average molecular weight is 439 g/mol. The maximum Gasteiger partial charge on any atom is 0.300 e. The Morgan fingerprint density at radius 2 is 1.81 bits per heavy atom. The lowest BCUT2D eigenvalue weighted by atomic mass is 10.1. The summed E-state index contributed by atoms with van der Waals surface area (Å²) >= 11 is 0. The van der Waals surface area contributed by atoms with Gasteiger partial charge in [-0.05, 0) is 30.7 Å². The molecule has 9 heteroatoms. The lowest BCUT2D eigenvalue weighted by Crippen LogP contribution is -2.46. The van der Waals surface area contributed by atoms with Gasteiger partial charge in [-0.1, -0.05) is 25.5 Å². The minimum absolute atomic E-state index is 0.0896. The van der Waals surface area contributed by atoms with Crippen molar-refractivity contribution in [1.29, 1.82) is 0 Å². The number of fused-ring (bicyclic) bond motifs is 1. The van der Waals surface area contributed by atoms with Gasteiger partial charge in [0.2, 0.25) is 0 Å². The van der Waals surface area contributed by atoms with Crippen molar-refractivity contribution in [2.45, 2.75) is 26.7 Å². The van der Waals surface area contributed by atoms with E-state index in [1.807, 2.05) is 52.0 Å². The van der Waals surface area contributed by atoms with Crippen LogP contribution in [0.3, 0.4) is 0 Å². The van der Waals surface area contributed by atoms with E-state index in [0.29, 0.717) is 5.56 Å². The van der Waals surface area contributed by atoms with Crippen LogP contribution in [-0.2, 0) is 4.79 Å². The smallest absolute Gasteiger partial charge is 0.300 e. The Bertz CT molecular complexity index is 1040. The fraction of sp³-hybridized carbons (Fsp3) is 0.391. The summed E-state index contributed by atoms with van der Waals surface area (Å²) in [5.74, 6) is 0.0948. The number of nitrogens with zero attached hydrogens (tertiary/aromatic N) is 4. The van der Waals surface area contributed by atoms with E-state index in [4.69, 9.17) is 9.90 Å². The lowest BCUT2D eigenvalue weighted by Gasteiger charge is -2.27. The first-order valence-electron chi connectivity index (χ1n) is 10.9. The lowest BCUT2D eigenvalue weighted by molar-refractivity contribution is -0.134. The molecule has 32 heavy (non-hydrogen) atoms. The third-order valence-electron chi connectivity index (χ3n) is 5.03. The average Bonchev–Trinajstić information content (AvgIpc) is 3.22. The number of anilines is 1. The Labute approximate surface area is 187 Å². The molecular weight excluding hydrogens is 408 g/mol. The number of piperazine rings is 1. The quantitative estimate of drug-likeness (QED) is 0.507. The summed E-state index contributed by atoms with van der Waals surface area (Å²) in [7, 11) is 0. The van der Waals surface area contributed by atoms with Crippen molar-refractivity contribution in [1.82, 2.24) is 24.8 Å². The Morgan fingerprint density at radius 3 is 2.47 bits per heavy atom. The maximum atomic E-state index is 12.6. The molecule has 2 aromatic heterocycles. The molecule has 0 unspecified atom stereocenters. The second-order valence-electron chi connectivity index (χ2n) is 7.55. The predicted molar refractivity (Wildman–Crippen MR) is 124 cm³/mol. The largest absolute Gasteiger partial charge is 0.481 e. The normalized spacial score (nSPS) is 13.4. The standard InChI is InChI=1S/C21H26N6O.C2H4O2/c1-2-3-10-23-19-8-9-20-24-15-18(27(20)25-19)16-4-6-17(7-5-16)21(28)26-13-11-22-12-14-26;1-2(3)4/h4-9,15,22H,2-3,10-14H2,1H3,(H,23,25);1H3,(H,3,4). The van der Waals surface area contributed by atoms with Gasteiger partial charge in [0.15, 0.2) is 5.65 Å². The van der Waals surface area contributed by atoms with E-state index in [0.717, 1.165) is 75.2 Å². The Hall–Kier alpha value is -3.46. The van der Waals surface area contributed by atoms with Crippen LogP contribution < -0.4 is 10.6 Å². The van der Waals surface area contributed by atoms with E-state index in [1.165, 1.54) is 0 Å². The maximum absolute atomic E-state index is 12.6. The van der Waals surface area contributed by atoms with E-state index in [1.54, 1.807) is 0 Å². The van der Waals surface area contributed by atoms with Gasteiger partial charge in [-0.2, -0.15) is 0 Å². The molecule has 4 rings (SSSR count). The Balaban J connectivity index is 0.000000668. The number of carbonyl (C=O) groups is 2. The predicted octanol–water partition coefficient (Wildman–Crippen LogP) is 2.74. The summed E-state index contributed by atoms with van der Waals surface area (Å²) in [5, 5.41) is 18.7. The molecular formula is C23H30N6O3. The Morgan fingerprint density at radius 1 is 1.12 bits per heavy atom. The zero-order valence-corrected chi connectivity index (χ0v) is 18.5. The molecule has 0 bridgehead atoms. The van der Waals surface area contributed by atoms with Gasteiger partial charge < -0.3 is 20.6 Å². The zero-order chi connectivity index (χ0) is 22.9. The first kappa shape index (κ1) is 23.2. The number of amides is 1. The minimum atomic E-state index is -0.833. The number of carboxylic acid groups (broad SMARTS) is 1. The van der Waals surface area contributed by atoms with Crippen molar-refractivity contribution >= 4 is 23.3 Å². The molecule has 3 N–H and O–H groups in total. The fourth-order valence-corrected chi connectivity index (χ4v) is 3.39. The Kier molecular flexibility index (Phi) is 8.15. The van der Waals surface area contributed by atoms with Crippen LogP contribution in [-0.4, -0.2) is 69.2 Å². The van der Waals surface area contributed by atoms with Gasteiger partial charge in [0, 0.05) is 50.8 Å². The van der Waals surface area contributed by atoms with E-state index in [9.17, 15) is 4.79 Å². The van der Waals surface area contributed by atoms with E-state index >= 15 is 0 Å². The summed E-state index contributed by atoms with van der Waals surface area (Å²) in [6, 6.07) is 11.6. The summed E-state index contributed by atoms with van der Waals surface area (Å²) < 4.78 is 1.85. The fourth-order valence-electron chi connectivity index (χ4n) is 3.39. The van der Waals surface area contributed by atoms with Crippen molar-refractivity contribution in [2.75, 3.05) is 38.0 Å². The number of nitrogens with one attached hydrogen (secondary N) is 2. The van der Waals surface area contributed by atoms with Gasteiger partial charge in [0.05, 0.1) is 11.9 Å². The van der Waals surface area contributed by atoms with Gasteiger partial charge in [0.1, 0.15) is 5.82 Å². The van der Waals surface area contributed by atoms with Gasteiger partial charge in [-0.25, -0.2) is 9.50 Å². The molecule has 1 aliphatic rings. The van der Waals surface area contributed by atoms with Crippen LogP contribution in [0, 0.1) is 0 Å². The molecule has 0 spiro atoms. The molecule has 0 aliphatic carbocycles. The van der Waals surface area contributed by atoms with E-state index in [2.05, 4.69) is 27.6 Å². The summed E-state index contributed by atoms with van der Waals surface area (Å²) in [4.78, 5) is 28.0. The van der Waals surface area contributed by atoms with Crippen LogP contribution in [0.15, 0.2) is 42.6 Å². The minimum Gasteiger partial charge on any atom is -0.481 e. The van der Waals surface area contributed by atoms with Crippen LogP contribution in [0.1, 0.15) is 37.0 Å². The first-order valence-corrected chi connectivity index (χ1v) is 10.9. The molecule has 1 amide bonds. The van der Waals surface area contributed by atoms with Gasteiger partial charge in [0.25, 0.3) is 11.9 Å². The molecule has 0 radical (unpaired) electrons. The van der Waals surface area contributed by atoms with Gasteiger partial charge in [-0.3, -0.25) is 9.59 Å². The third kappa shape index (κ3) is 6.04. The number of benzene rings is 1. The number of carbonyl (C=O) groups excluding carboxylic acids is 1. The second-order valence-corrected chi connectivity index (χ2v) is 7.55. The number of hydrogen-bond donors (Lipinski definition) is 3. The van der Waals surface area contributed by atoms with Gasteiger partial charge >= 0.3 is 0 Å². The summed E-state index contributed by atoms with van der Waals surface area (Å²) in [6.45, 7) is 7.37. The third-order valence-corrected chi connectivity index (χ3v) is 5.03. The van der Waals surface area contributed by atoms with E-state index < -0.39 is 5.97 Å². The zero-order valence-electron chi connectivity index (χ0n) is 18.5. The number of aliphatic carboxylic acids is 1. The van der Waals surface area contributed by atoms with Crippen LogP contribution in [0.4, 0.5) is 5.82 Å². The number of carboxylic acids is 1. The van der Waals surface area contributed by atoms with Crippen molar-refractivity contribution in [3.8, 4) is 11.3 Å². The summed E-state index contributed by atoms with van der Waals surface area (Å²) in [5.41, 5.74) is 3.42. The number of rotatable bonds is 6.